The summed E-state index contributed by atoms with van der Waals surface area (Å²) in [5, 5.41) is 0.353. The summed E-state index contributed by atoms with van der Waals surface area (Å²) >= 11 is 0. The fraction of sp³-hybridized carbons (Fsp3) is 0.154. The van der Waals surface area contributed by atoms with Crippen molar-refractivity contribution >= 4 is 16.9 Å². The zero-order chi connectivity index (χ0) is 21.8. The monoisotopic (exact) mass is 414 g/mol. The van der Waals surface area contributed by atoms with Crippen molar-refractivity contribution in [3.8, 4) is 17.2 Å². The third-order valence-electron chi connectivity index (χ3n) is 4.83. The first-order chi connectivity index (χ1) is 15.0. The SMILES string of the molecule is Cc1cc(C)cc(Oc2coc3cc(OC(=O)CCc4ccccc4)ccc3c2=O)c1. The van der Waals surface area contributed by atoms with E-state index in [1.165, 1.54) is 12.3 Å². The molecule has 0 fully saturated rings. The predicted molar refractivity (Wildman–Crippen MR) is 119 cm³/mol. The molecular formula is C26H22O5. The van der Waals surface area contributed by atoms with Crippen molar-refractivity contribution in [3.05, 3.63) is 99.9 Å². The maximum absolute atomic E-state index is 12.8. The predicted octanol–water partition coefficient (Wildman–Crippen LogP) is 5.74. The van der Waals surface area contributed by atoms with Crippen LogP contribution in [0.2, 0.25) is 0 Å². The fourth-order valence-corrected chi connectivity index (χ4v) is 3.42. The van der Waals surface area contributed by atoms with Crippen LogP contribution in [0.5, 0.6) is 17.2 Å². The average Bonchev–Trinajstić information content (AvgIpc) is 2.74. The summed E-state index contributed by atoms with van der Waals surface area (Å²) in [4.78, 5) is 25.0. The maximum Gasteiger partial charge on any atom is 0.311 e. The van der Waals surface area contributed by atoms with Crippen LogP contribution in [0.1, 0.15) is 23.1 Å². The largest absolute Gasteiger partial charge is 0.460 e. The molecule has 0 radical (unpaired) electrons. The molecule has 1 aromatic heterocycles. The molecule has 0 N–H and O–H groups in total. The van der Waals surface area contributed by atoms with E-state index in [2.05, 4.69) is 0 Å². The highest BCUT2D eigenvalue weighted by Gasteiger charge is 2.12. The lowest BCUT2D eigenvalue weighted by atomic mass is 10.1. The quantitative estimate of drug-likeness (QED) is 0.297. The average molecular weight is 414 g/mol. The van der Waals surface area contributed by atoms with E-state index in [9.17, 15) is 9.59 Å². The maximum atomic E-state index is 12.8. The van der Waals surface area contributed by atoms with Crippen LogP contribution in [0.15, 0.2) is 82.2 Å². The molecular weight excluding hydrogens is 392 g/mol. The van der Waals surface area contributed by atoms with Crippen LogP contribution < -0.4 is 14.9 Å². The number of carbonyl (C=O) groups is 1. The van der Waals surface area contributed by atoms with Crippen molar-refractivity contribution in [2.24, 2.45) is 0 Å². The third kappa shape index (κ3) is 5.01. The van der Waals surface area contributed by atoms with Crippen LogP contribution in [0.3, 0.4) is 0 Å². The highest BCUT2D eigenvalue weighted by Crippen LogP contribution is 2.25. The van der Waals surface area contributed by atoms with Gasteiger partial charge in [0.25, 0.3) is 0 Å². The molecule has 1 heterocycles. The number of benzene rings is 3. The molecule has 3 aromatic carbocycles. The minimum Gasteiger partial charge on any atom is -0.460 e. The molecule has 0 aliphatic heterocycles. The van der Waals surface area contributed by atoms with Gasteiger partial charge >= 0.3 is 5.97 Å². The van der Waals surface area contributed by atoms with Crippen LogP contribution in [0.4, 0.5) is 0 Å². The Morgan fingerprint density at radius 2 is 1.65 bits per heavy atom. The number of hydrogen-bond donors (Lipinski definition) is 0. The van der Waals surface area contributed by atoms with Gasteiger partial charge in [0.15, 0.2) is 0 Å². The summed E-state index contributed by atoms with van der Waals surface area (Å²) in [7, 11) is 0. The summed E-state index contributed by atoms with van der Waals surface area (Å²) in [5.74, 6) is 0.662. The second-order valence-electron chi connectivity index (χ2n) is 7.47. The summed E-state index contributed by atoms with van der Waals surface area (Å²) in [5.41, 5.74) is 3.19. The van der Waals surface area contributed by atoms with E-state index in [0.717, 1.165) is 16.7 Å². The van der Waals surface area contributed by atoms with E-state index in [-0.39, 0.29) is 23.6 Å². The van der Waals surface area contributed by atoms with Crippen molar-refractivity contribution in [1.29, 1.82) is 0 Å². The van der Waals surface area contributed by atoms with Gasteiger partial charge in [-0.25, -0.2) is 0 Å². The minimum absolute atomic E-state index is 0.102. The van der Waals surface area contributed by atoms with Crippen molar-refractivity contribution in [2.45, 2.75) is 26.7 Å². The topological polar surface area (TPSA) is 65.7 Å². The summed E-state index contributed by atoms with van der Waals surface area (Å²) in [6.45, 7) is 3.93. The Labute approximate surface area is 179 Å². The van der Waals surface area contributed by atoms with E-state index in [0.29, 0.717) is 28.9 Å². The Morgan fingerprint density at radius 3 is 2.39 bits per heavy atom. The highest BCUT2D eigenvalue weighted by molar-refractivity contribution is 5.80. The van der Waals surface area contributed by atoms with Crippen molar-refractivity contribution < 1.29 is 18.7 Å². The molecule has 0 unspecified atom stereocenters. The van der Waals surface area contributed by atoms with E-state index in [4.69, 9.17) is 13.9 Å². The molecule has 4 aromatic rings. The molecule has 156 valence electrons. The molecule has 0 aliphatic rings. The zero-order valence-corrected chi connectivity index (χ0v) is 17.4. The van der Waals surface area contributed by atoms with Crippen LogP contribution in [0, 0.1) is 13.8 Å². The lowest BCUT2D eigenvalue weighted by Gasteiger charge is -2.08. The number of aryl methyl sites for hydroxylation is 3. The minimum atomic E-state index is -0.347. The Morgan fingerprint density at radius 1 is 0.903 bits per heavy atom. The number of rotatable bonds is 6. The Kier molecular flexibility index (Phi) is 5.85. The number of hydrogen-bond acceptors (Lipinski definition) is 5. The van der Waals surface area contributed by atoms with Gasteiger partial charge in [-0.15, -0.1) is 0 Å². The van der Waals surface area contributed by atoms with Crippen molar-refractivity contribution in [3.63, 3.8) is 0 Å². The molecule has 0 atom stereocenters. The van der Waals surface area contributed by atoms with Gasteiger partial charge in [-0.3, -0.25) is 9.59 Å². The molecule has 0 amide bonds. The number of esters is 1. The molecule has 0 saturated heterocycles. The van der Waals surface area contributed by atoms with Gasteiger partial charge in [0, 0.05) is 12.5 Å². The fourth-order valence-electron chi connectivity index (χ4n) is 3.42. The molecule has 0 aliphatic carbocycles. The highest BCUT2D eigenvalue weighted by atomic mass is 16.5. The van der Waals surface area contributed by atoms with Gasteiger partial charge in [-0.2, -0.15) is 0 Å². The van der Waals surface area contributed by atoms with Gasteiger partial charge in [0.2, 0.25) is 11.2 Å². The smallest absolute Gasteiger partial charge is 0.311 e. The second-order valence-corrected chi connectivity index (χ2v) is 7.47. The Hall–Kier alpha value is -3.86. The first-order valence-corrected chi connectivity index (χ1v) is 10.0. The number of fused-ring (bicyclic) bond motifs is 1. The molecule has 5 heteroatoms. The molecule has 0 saturated carbocycles. The molecule has 0 spiro atoms. The van der Waals surface area contributed by atoms with E-state index in [1.54, 1.807) is 12.1 Å². The van der Waals surface area contributed by atoms with Gasteiger partial charge in [0.1, 0.15) is 23.3 Å². The van der Waals surface area contributed by atoms with Crippen molar-refractivity contribution in [1.82, 2.24) is 0 Å². The molecule has 31 heavy (non-hydrogen) atoms. The van der Waals surface area contributed by atoms with E-state index < -0.39 is 0 Å². The summed E-state index contributed by atoms with van der Waals surface area (Å²) < 4.78 is 16.8. The van der Waals surface area contributed by atoms with Crippen LogP contribution in [-0.2, 0) is 11.2 Å². The molecule has 0 bridgehead atoms. The van der Waals surface area contributed by atoms with Crippen LogP contribution in [-0.4, -0.2) is 5.97 Å². The van der Waals surface area contributed by atoms with Crippen LogP contribution >= 0.6 is 0 Å². The Bertz CT molecular complexity index is 1270. The second kappa shape index (κ2) is 8.88. The van der Waals surface area contributed by atoms with Crippen molar-refractivity contribution in [2.75, 3.05) is 0 Å². The molecule has 5 nitrogen and oxygen atoms in total. The van der Waals surface area contributed by atoms with Gasteiger partial charge in [-0.05, 0) is 61.2 Å². The normalized spacial score (nSPS) is 10.8. The summed E-state index contributed by atoms with van der Waals surface area (Å²) in [6.07, 6.45) is 2.14. The lowest BCUT2D eigenvalue weighted by molar-refractivity contribution is -0.134. The third-order valence-corrected chi connectivity index (χ3v) is 4.83. The molecule has 4 rings (SSSR count). The standard InChI is InChI=1S/C26H22O5/c1-17-12-18(2)14-21(13-17)30-24-16-29-23-15-20(9-10-22(23)26(24)28)31-25(27)11-8-19-6-4-3-5-7-19/h3-7,9-10,12-16H,8,11H2,1-2H3. The van der Waals surface area contributed by atoms with E-state index >= 15 is 0 Å². The number of ether oxygens (including phenoxy) is 2. The lowest BCUT2D eigenvalue weighted by Crippen LogP contribution is -2.09. The van der Waals surface area contributed by atoms with Gasteiger partial charge < -0.3 is 13.9 Å². The Balaban J connectivity index is 1.49. The first-order valence-electron chi connectivity index (χ1n) is 10.0. The number of carbonyl (C=O) groups excluding carboxylic acids is 1. The van der Waals surface area contributed by atoms with Gasteiger partial charge in [0.05, 0.1) is 5.39 Å². The summed E-state index contributed by atoms with van der Waals surface area (Å²) in [6, 6.07) is 20.2. The zero-order valence-electron chi connectivity index (χ0n) is 17.4. The van der Waals surface area contributed by atoms with E-state index in [1.807, 2.05) is 62.4 Å². The van der Waals surface area contributed by atoms with Crippen LogP contribution in [0.25, 0.3) is 11.0 Å². The first kappa shape index (κ1) is 20.4. The van der Waals surface area contributed by atoms with Gasteiger partial charge in [-0.1, -0.05) is 36.4 Å².